The molecule has 0 fully saturated rings. The number of rotatable bonds is 6. The minimum atomic E-state index is -3.74. The number of methoxy groups -OCH3 is 1. The molecule has 0 aliphatic heterocycles. The Balaban J connectivity index is 1.84. The van der Waals surface area contributed by atoms with Crippen molar-refractivity contribution in [2.45, 2.75) is 25.3 Å². The van der Waals surface area contributed by atoms with Crippen molar-refractivity contribution in [3.05, 3.63) is 58.4 Å². The Morgan fingerprint density at radius 3 is 2.43 bits per heavy atom. The minimum absolute atomic E-state index is 0.0482. The van der Waals surface area contributed by atoms with Crippen molar-refractivity contribution in [3.8, 4) is 17.1 Å². The molecule has 0 N–H and O–H groups in total. The van der Waals surface area contributed by atoms with E-state index >= 15 is 0 Å². The molecule has 3 aromatic rings. The first-order valence-corrected chi connectivity index (χ1v) is 10.2. The zero-order valence-corrected chi connectivity index (χ0v) is 17.5. The highest BCUT2D eigenvalue weighted by atomic mass is 35.5. The summed E-state index contributed by atoms with van der Waals surface area (Å²) in [5.74, 6) is 1.21. The van der Waals surface area contributed by atoms with Crippen LogP contribution in [0.15, 0.2) is 45.8 Å². The second-order valence-corrected chi connectivity index (χ2v) is 8.75. The number of halogens is 1. The Morgan fingerprint density at radius 1 is 1.11 bits per heavy atom. The molecule has 0 amide bonds. The predicted molar refractivity (Wildman–Crippen MR) is 106 cm³/mol. The Bertz CT molecular complexity index is 1090. The van der Waals surface area contributed by atoms with Crippen LogP contribution in [0.5, 0.6) is 5.75 Å². The number of nitrogens with zero attached hydrogens (tertiary/aromatic N) is 3. The highest BCUT2D eigenvalue weighted by molar-refractivity contribution is 7.89. The largest absolute Gasteiger partial charge is 0.496 e. The van der Waals surface area contributed by atoms with E-state index in [9.17, 15) is 8.42 Å². The van der Waals surface area contributed by atoms with Gasteiger partial charge in [-0.25, -0.2) is 8.42 Å². The first-order valence-electron chi connectivity index (χ1n) is 8.43. The standard InChI is InChI=1S/C19H20ClN3O4S/c1-12-13(2)17(10-9-16(12)26-4)28(24,25)23(3)11-18-21-19(22-27-18)14-5-7-15(20)8-6-14/h5-10H,11H2,1-4H3. The third-order valence-corrected chi connectivity index (χ3v) is 6.72. The van der Waals surface area contributed by atoms with E-state index in [1.807, 2.05) is 6.92 Å². The molecule has 0 radical (unpaired) electrons. The van der Waals surface area contributed by atoms with Crippen molar-refractivity contribution in [2.75, 3.05) is 14.2 Å². The van der Waals surface area contributed by atoms with Crippen molar-refractivity contribution >= 4 is 21.6 Å². The molecule has 9 heteroatoms. The van der Waals surface area contributed by atoms with Gasteiger partial charge in [0.05, 0.1) is 18.6 Å². The topological polar surface area (TPSA) is 85.5 Å². The Morgan fingerprint density at radius 2 is 1.79 bits per heavy atom. The van der Waals surface area contributed by atoms with Gasteiger partial charge in [0, 0.05) is 17.6 Å². The van der Waals surface area contributed by atoms with Crippen molar-refractivity contribution in [1.82, 2.24) is 14.4 Å². The maximum atomic E-state index is 13.0. The number of benzene rings is 2. The molecule has 1 aromatic heterocycles. The molecule has 3 rings (SSSR count). The van der Waals surface area contributed by atoms with Gasteiger partial charge in [-0.15, -0.1) is 0 Å². The second-order valence-electron chi connectivity index (χ2n) is 6.30. The fourth-order valence-corrected chi connectivity index (χ4v) is 4.27. The van der Waals surface area contributed by atoms with Crippen molar-refractivity contribution in [1.29, 1.82) is 0 Å². The molecule has 7 nitrogen and oxygen atoms in total. The summed E-state index contributed by atoms with van der Waals surface area (Å²) in [5.41, 5.74) is 2.14. The molecule has 28 heavy (non-hydrogen) atoms. The van der Waals surface area contributed by atoms with E-state index in [-0.39, 0.29) is 17.3 Å². The summed E-state index contributed by atoms with van der Waals surface area (Å²) in [7, 11) is -0.720. The lowest BCUT2D eigenvalue weighted by molar-refractivity contribution is 0.336. The van der Waals surface area contributed by atoms with Crippen LogP contribution >= 0.6 is 11.6 Å². The molecule has 0 bridgehead atoms. The van der Waals surface area contributed by atoms with E-state index in [2.05, 4.69) is 10.1 Å². The van der Waals surface area contributed by atoms with Crippen LogP contribution in [0.4, 0.5) is 0 Å². The molecule has 148 valence electrons. The summed E-state index contributed by atoms with van der Waals surface area (Å²) in [6.45, 7) is 3.53. The molecule has 2 aromatic carbocycles. The summed E-state index contributed by atoms with van der Waals surface area (Å²) >= 11 is 5.88. The molecule has 1 heterocycles. The van der Waals surface area contributed by atoms with Crippen LogP contribution in [-0.2, 0) is 16.6 Å². The maximum Gasteiger partial charge on any atom is 0.243 e. The fourth-order valence-electron chi connectivity index (χ4n) is 2.75. The average molecular weight is 422 g/mol. The van der Waals surface area contributed by atoms with Crippen LogP contribution in [0.3, 0.4) is 0 Å². The SMILES string of the molecule is COc1ccc(S(=O)(=O)N(C)Cc2nc(-c3ccc(Cl)cc3)no2)c(C)c1C. The van der Waals surface area contributed by atoms with Gasteiger partial charge < -0.3 is 9.26 Å². The van der Waals surface area contributed by atoms with E-state index in [1.165, 1.54) is 11.4 Å². The number of ether oxygens (including phenoxy) is 1. The van der Waals surface area contributed by atoms with Crippen LogP contribution in [0.2, 0.25) is 5.02 Å². The third kappa shape index (κ3) is 3.89. The Hall–Kier alpha value is -2.42. The molecule has 0 saturated carbocycles. The summed E-state index contributed by atoms with van der Waals surface area (Å²) in [6, 6.07) is 10.2. The van der Waals surface area contributed by atoms with Crippen LogP contribution in [0, 0.1) is 13.8 Å². The Kier molecular flexibility index (Phi) is 5.74. The highest BCUT2D eigenvalue weighted by Gasteiger charge is 2.26. The number of hydrogen-bond donors (Lipinski definition) is 0. The Labute approximate surface area is 168 Å². The number of hydrogen-bond acceptors (Lipinski definition) is 6. The molecule has 0 unspecified atom stereocenters. The first-order chi connectivity index (χ1) is 13.2. The molecule has 0 aliphatic carbocycles. The van der Waals surface area contributed by atoms with E-state index in [1.54, 1.807) is 50.4 Å². The lowest BCUT2D eigenvalue weighted by Gasteiger charge is -2.18. The second kappa shape index (κ2) is 7.90. The van der Waals surface area contributed by atoms with Gasteiger partial charge in [0.15, 0.2) is 0 Å². The summed E-state index contributed by atoms with van der Waals surface area (Å²) in [5, 5.41) is 4.51. The third-order valence-electron chi connectivity index (χ3n) is 4.52. The molecule has 0 spiro atoms. The lowest BCUT2D eigenvalue weighted by Crippen LogP contribution is -2.27. The molecule has 0 saturated heterocycles. The summed E-state index contributed by atoms with van der Waals surface area (Å²) in [4.78, 5) is 4.49. The fraction of sp³-hybridized carbons (Fsp3) is 0.263. The van der Waals surface area contributed by atoms with Crippen molar-refractivity contribution in [3.63, 3.8) is 0 Å². The van der Waals surface area contributed by atoms with Gasteiger partial charge in [-0.3, -0.25) is 0 Å². The van der Waals surface area contributed by atoms with Crippen LogP contribution in [0.1, 0.15) is 17.0 Å². The number of sulfonamides is 1. The zero-order valence-electron chi connectivity index (χ0n) is 15.9. The molecule has 0 atom stereocenters. The first kappa shape index (κ1) is 20.3. The highest BCUT2D eigenvalue weighted by Crippen LogP contribution is 2.29. The van der Waals surface area contributed by atoms with Crippen LogP contribution in [-0.4, -0.2) is 37.0 Å². The normalized spacial score (nSPS) is 11.8. The van der Waals surface area contributed by atoms with E-state index in [0.29, 0.717) is 22.2 Å². The van der Waals surface area contributed by atoms with Gasteiger partial charge in [-0.2, -0.15) is 9.29 Å². The predicted octanol–water partition coefficient (Wildman–Crippen LogP) is 3.84. The van der Waals surface area contributed by atoms with Gasteiger partial charge in [0.25, 0.3) is 0 Å². The smallest absolute Gasteiger partial charge is 0.243 e. The molecular formula is C19H20ClN3O4S. The van der Waals surface area contributed by atoms with E-state index < -0.39 is 10.0 Å². The van der Waals surface area contributed by atoms with Gasteiger partial charge in [0.1, 0.15) is 5.75 Å². The van der Waals surface area contributed by atoms with Crippen LogP contribution in [0.25, 0.3) is 11.4 Å². The lowest BCUT2D eigenvalue weighted by atomic mass is 10.1. The average Bonchev–Trinajstić information content (AvgIpc) is 3.12. The van der Waals surface area contributed by atoms with Gasteiger partial charge in [0.2, 0.25) is 21.7 Å². The monoisotopic (exact) mass is 421 g/mol. The minimum Gasteiger partial charge on any atom is -0.496 e. The van der Waals surface area contributed by atoms with Gasteiger partial charge in [-0.1, -0.05) is 16.8 Å². The summed E-state index contributed by atoms with van der Waals surface area (Å²) < 4.78 is 37.7. The molecule has 0 aliphatic rings. The van der Waals surface area contributed by atoms with Crippen LogP contribution < -0.4 is 4.74 Å². The van der Waals surface area contributed by atoms with E-state index in [4.69, 9.17) is 20.9 Å². The summed E-state index contributed by atoms with van der Waals surface area (Å²) in [6.07, 6.45) is 0. The van der Waals surface area contributed by atoms with Crippen molar-refractivity contribution in [2.24, 2.45) is 0 Å². The van der Waals surface area contributed by atoms with Gasteiger partial charge in [-0.05, 0) is 61.4 Å². The van der Waals surface area contributed by atoms with Crippen molar-refractivity contribution < 1.29 is 17.7 Å². The maximum absolute atomic E-state index is 13.0. The van der Waals surface area contributed by atoms with E-state index in [0.717, 1.165) is 11.1 Å². The van der Waals surface area contributed by atoms with Gasteiger partial charge >= 0.3 is 0 Å². The zero-order chi connectivity index (χ0) is 20.5. The number of aromatic nitrogens is 2. The molecular weight excluding hydrogens is 402 g/mol. The quantitative estimate of drug-likeness (QED) is 0.601.